The van der Waals surface area contributed by atoms with Gasteiger partial charge in [0.15, 0.2) is 5.17 Å². The van der Waals surface area contributed by atoms with Crippen LogP contribution in [0.1, 0.15) is 41.3 Å². The second-order valence-electron chi connectivity index (χ2n) is 6.83. The fourth-order valence-electron chi connectivity index (χ4n) is 2.77. The van der Waals surface area contributed by atoms with Crippen molar-refractivity contribution in [3.8, 4) is 5.75 Å². The van der Waals surface area contributed by atoms with E-state index in [0.717, 1.165) is 18.6 Å². The number of thioether (sulfide) groups is 1. The molecule has 5 nitrogen and oxygen atoms in total. The highest BCUT2D eigenvalue weighted by Gasteiger charge is 2.35. The Labute approximate surface area is 199 Å². The lowest BCUT2D eigenvalue weighted by Gasteiger charge is -2.23. The summed E-state index contributed by atoms with van der Waals surface area (Å²) in [5.41, 5.74) is -0.882. The zero-order valence-electron chi connectivity index (χ0n) is 17.8. The SMILES string of the molecule is C=CCOc1ccc(C(=N)SC(=N)N(CCCC)C(=O)c2ccccc2Cl)cc1C(F)(F)F. The fourth-order valence-corrected chi connectivity index (χ4v) is 3.71. The summed E-state index contributed by atoms with van der Waals surface area (Å²) in [7, 11) is 0. The van der Waals surface area contributed by atoms with Gasteiger partial charge >= 0.3 is 6.18 Å². The van der Waals surface area contributed by atoms with Crippen molar-refractivity contribution in [3.05, 3.63) is 76.8 Å². The van der Waals surface area contributed by atoms with E-state index in [1.165, 1.54) is 23.1 Å². The maximum absolute atomic E-state index is 13.5. The average molecular weight is 498 g/mol. The highest BCUT2D eigenvalue weighted by Crippen LogP contribution is 2.37. The van der Waals surface area contributed by atoms with Crippen molar-refractivity contribution in [2.75, 3.05) is 13.2 Å². The van der Waals surface area contributed by atoms with Crippen molar-refractivity contribution in [3.63, 3.8) is 0 Å². The average Bonchev–Trinajstić information content (AvgIpc) is 2.77. The number of nitrogens with zero attached hydrogens (tertiary/aromatic N) is 1. The summed E-state index contributed by atoms with van der Waals surface area (Å²) in [6.45, 7) is 5.45. The zero-order valence-corrected chi connectivity index (χ0v) is 19.4. The first-order chi connectivity index (χ1) is 15.6. The van der Waals surface area contributed by atoms with E-state index in [0.29, 0.717) is 18.2 Å². The summed E-state index contributed by atoms with van der Waals surface area (Å²) >= 11 is 6.71. The molecule has 33 heavy (non-hydrogen) atoms. The van der Waals surface area contributed by atoms with Gasteiger partial charge < -0.3 is 4.74 Å². The van der Waals surface area contributed by atoms with Crippen LogP contribution in [0.2, 0.25) is 5.02 Å². The highest BCUT2D eigenvalue weighted by molar-refractivity contribution is 8.26. The van der Waals surface area contributed by atoms with Crippen LogP contribution in [-0.4, -0.2) is 34.2 Å². The molecule has 0 atom stereocenters. The van der Waals surface area contributed by atoms with Crippen molar-refractivity contribution >= 4 is 39.5 Å². The van der Waals surface area contributed by atoms with Gasteiger partial charge in [0.1, 0.15) is 17.4 Å². The summed E-state index contributed by atoms with van der Waals surface area (Å²) in [6, 6.07) is 9.64. The zero-order chi connectivity index (χ0) is 24.6. The molecule has 1 amide bonds. The molecule has 0 radical (unpaired) electrons. The van der Waals surface area contributed by atoms with Crippen molar-refractivity contribution in [1.82, 2.24) is 4.90 Å². The van der Waals surface area contributed by atoms with E-state index in [2.05, 4.69) is 6.58 Å². The number of halogens is 4. The number of benzene rings is 2. The van der Waals surface area contributed by atoms with Crippen LogP contribution in [0.15, 0.2) is 55.1 Å². The number of hydrogen-bond acceptors (Lipinski definition) is 5. The highest BCUT2D eigenvalue weighted by atomic mass is 35.5. The number of amidine groups is 1. The fraction of sp³-hybridized carbons (Fsp3) is 0.261. The Kier molecular flexibility index (Phi) is 9.55. The summed E-state index contributed by atoms with van der Waals surface area (Å²) < 4.78 is 45.5. The number of carbonyl (C=O) groups is 1. The second-order valence-corrected chi connectivity index (χ2v) is 8.24. The molecule has 2 rings (SSSR count). The minimum absolute atomic E-state index is 0.0522. The molecule has 0 saturated heterocycles. The molecule has 0 saturated carbocycles. The molecule has 2 N–H and O–H groups in total. The van der Waals surface area contributed by atoms with E-state index in [9.17, 15) is 18.0 Å². The van der Waals surface area contributed by atoms with Crippen molar-refractivity contribution in [2.45, 2.75) is 25.9 Å². The Morgan fingerprint density at radius 1 is 1.24 bits per heavy atom. The molecular formula is C23H23ClF3N3O2S. The quantitative estimate of drug-likeness (QED) is 0.237. The van der Waals surface area contributed by atoms with Crippen LogP contribution >= 0.6 is 23.4 Å². The number of rotatable bonds is 8. The Morgan fingerprint density at radius 3 is 2.55 bits per heavy atom. The molecule has 10 heteroatoms. The van der Waals surface area contributed by atoms with Crippen molar-refractivity contribution in [2.24, 2.45) is 0 Å². The minimum Gasteiger partial charge on any atom is -0.489 e. The Bertz CT molecular complexity index is 1040. The molecule has 0 unspecified atom stereocenters. The first-order valence-corrected chi connectivity index (χ1v) is 11.2. The molecule has 0 aliphatic heterocycles. The molecule has 0 aromatic heterocycles. The van der Waals surface area contributed by atoms with Gasteiger partial charge in [-0.3, -0.25) is 20.5 Å². The van der Waals surface area contributed by atoms with Gasteiger partial charge in [-0.2, -0.15) is 13.2 Å². The molecule has 176 valence electrons. The Hall–Kier alpha value is -2.78. The van der Waals surface area contributed by atoms with E-state index < -0.39 is 17.6 Å². The summed E-state index contributed by atoms with van der Waals surface area (Å²) in [6.07, 6.45) is -2.02. The third-order valence-electron chi connectivity index (χ3n) is 4.43. The third-order valence-corrected chi connectivity index (χ3v) is 5.62. The number of amides is 1. The Morgan fingerprint density at radius 2 is 1.94 bits per heavy atom. The molecule has 2 aromatic rings. The van der Waals surface area contributed by atoms with Gasteiger partial charge in [-0.25, -0.2) is 0 Å². The standard InChI is InChI=1S/C23H23ClF3N3O2S/c1-3-5-12-30(21(31)16-8-6-7-9-18(16)24)22(29)33-20(28)15-10-11-19(32-13-4-2)17(14-15)23(25,26)27/h4,6-11,14,28-29H,2-3,5,12-13H2,1H3. The van der Waals surface area contributed by atoms with Gasteiger partial charge in [-0.05, 0) is 48.5 Å². The number of nitrogens with one attached hydrogen (secondary N) is 2. The van der Waals surface area contributed by atoms with Crippen LogP contribution in [0.25, 0.3) is 0 Å². The van der Waals surface area contributed by atoms with Crippen LogP contribution in [0.3, 0.4) is 0 Å². The lowest BCUT2D eigenvalue weighted by Crippen LogP contribution is -2.36. The first-order valence-electron chi connectivity index (χ1n) is 9.96. The summed E-state index contributed by atoms with van der Waals surface area (Å²) in [5, 5.41) is 16.3. The molecule has 0 bridgehead atoms. The van der Waals surface area contributed by atoms with Crippen LogP contribution in [0, 0.1) is 10.8 Å². The second kappa shape index (κ2) is 11.9. The Balaban J connectivity index is 2.28. The largest absolute Gasteiger partial charge is 0.489 e. The number of alkyl halides is 3. The number of carbonyl (C=O) groups excluding carboxylic acids is 1. The van der Waals surface area contributed by atoms with Crippen LogP contribution < -0.4 is 4.74 Å². The molecule has 0 spiro atoms. The van der Waals surface area contributed by atoms with Crippen LogP contribution in [0.4, 0.5) is 13.2 Å². The predicted octanol–water partition coefficient (Wildman–Crippen LogP) is 6.86. The van der Waals surface area contributed by atoms with E-state index in [1.54, 1.807) is 18.2 Å². The predicted molar refractivity (Wildman–Crippen MR) is 127 cm³/mol. The normalized spacial score (nSPS) is 11.1. The number of unbranched alkanes of at least 4 members (excludes halogenated alkanes) is 1. The number of ether oxygens (including phenoxy) is 1. The lowest BCUT2D eigenvalue weighted by molar-refractivity contribution is -0.138. The molecule has 2 aromatic carbocycles. The van der Waals surface area contributed by atoms with Gasteiger partial charge in [0, 0.05) is 12.1 Å². The maximum atomic E-state index is 13.5. The van der Waals surface area contributed by atoms with Gasteiger partial charge in [-0.15, -0.1) is 0 Å². The van der Waals surface area contributed by atoms with Crippen molar-refractivity contribution < 1.29 is 22.7 Å². The topological polar surface area (TPSA) is 77.2 Å². The maximum Gasteiger partial charge on any atom is 0.419 e. The van der Waals surface area contributed by atoms with Gasteiger partial charge in [0.05, 0.1) is 16.1 Å². The summed E-state index contributed by atoms with van der Waals surface area (Å²) in [5.74, 6) is -0.888. The molecule has 0 aliphatic carbocycles. The molecule has 0 aliphatic rings. The van der Waals surface area contributed by atoms with Gasteiger partial charge in [0.2, 0.25) is 0 Å². The molecule has 0 heterocycles. The first kappa shape index (κ1) is 26.5. The monoisotopic (exact) mass is 497 g/mol. The lowest BCUT2D eigenvalue weighted by atomic mass is 10.1. The van der Waals surface area contributed by atoms with Gasteiger partial charge in [-0.1, -0.05) is 49.7 Å². The molecule has 0 fully saturated rings. The van der Waals surface area contributed by atoms with E-state index >= 15 is 0 Å². The van der Waals surface area contributed by atoms with E-state index in [4.69, 9.17) is 27.2 Å². The van der Waals surface area contributed by atoms with E-state index in [-0.39, 0.29) is 45.3 Å². The number of hydrogen-bond donors (Lipinski definition) is 2. The van der Waals surface area contributed by atoms with Crippen LogP contribution in [0.5, 0.6) is 5.75 Å². The van der Waals surface area contributed by atoms with Gasteiger partial charge in [0.25, 0.3) is 5.91 Å². The smallest absolute Gasteiger partial charge is 0.419 e. The summed E-state index contributed by atoms with van der Waals surface area (Å²) in [4.78, 5) is 14.2. The van der Waals surface area contributed by atoms with Crippen LogP contribution in [-0.2, 0) is 6.18 Å². The van der Waals surface area contributed by atoms with Crippen molar-refractivity contribution in [1.29, 1.82) is 10.8 Å². The van der Waals surface area contributed by atoms with E-state index in [1.807, 2.05) is 6.92 Å². The minimum atomic E-state index is -4.70. The third kappa shape index (κ3) is 7.10. The molecular weight excluding hydrogens is 475 g/mol.